The molecule has 8 nitrogen and oxygen atoms in total. The number of hydrogen-bond donors (Lipinski definition) is 3. The summed E-state index contributed by atoms with van der Waals surface area (Å²) in [6, 6.07) is 0. The maximum Gasteiger partial charge on any atom is 0.243 e. The molecule has 1 fully saturated rings. The van der Waals surface area contributed by atoms with Gasteiger partial charge in [-0.05, 0) is 25.2 Å². The van der Waals surface area contributed by atoms with Crippen LogP contribution in [0.25, 0.3) is 0 Å². The Kier molecular flexibility index (Phi) is 4.91. The SMILES string of the molecule is CN(C)c1nc(NN)nc(N2CCCC(CCO)C2)n1. The lowest BCUT2D eigenvalue weighted by Crippen LogP contribution is -2.37. The van der Waals surface area contributed by atoms with Crippen molar-refractivity contribution in [1.82, 2.24) is 15.0 Å². The molecule has 1 aromatic rings. The number of piperidine rings is 1. The quantitative estimate of drug-likeness (QED) is 0.504. The second kappa shape index (κ2) is 6.67. The second-order valence-electron chi connectivity index (χ2n) is 5.26. The number of aromatic nitrogens is 3. The number of nitrogens with one attached hydrogen (secondary N) is 1. The number of anilines is 3. The van der Waals surface area contributed by atoms with Crippen molar-refractivity contribution in [1.29, 1.82) is 0 Å². The van der Waals surface area contributed by atoms with E-state index in [-0.39, 0.29) is 6.61 Å². The predicted molar refractivity (Wildman–Crippen MR) is 78.6 cm³/mol. The van der Waals surface area contributed by atoms with Crippen LogP contribution in [0.2, 0.25) is 0 Å². The van der Waals surface area contributed by atoms with Crippen LogP contribution in [0.4, 0.5) is 17.8 Å². The van der Waals surface area contributed by atoms with E-state index in [1.54, 1.807) is 0 Å². The number of nitrogens with zero attached hydrogens (tertiary/aromatic N) is 5. The topological polar surface area (TPSA) is 103 Å². The maximum atomic E-state index is 9.08. The number of aliphatic hydroxyl groups excluding tert-OH is 1. The van der Waals surface area contributed by atoms with Crippen molar-refractivity contribution in [3.8, 4) is 0 Å². The van der Waals surface area contributed by atoms with Gasteiger partial charge in [0.25, 0.3) is 0 Å². The van der Waals surface area contributed by atoms with E-state index in [1.165, 1.54) is 0 Å². The summed E-state index contributed by atoms with van der Waals surface area (Å²) in [4.78, 5) is 17.0. The van der Waals surface area contributed by atoms with Crippen molar-refractivity contribution in [3.05, 3.63) is 0 Å². The zero-order chi connectivity index (χ0) is 14.5. The van der Waals surface area contributed by atoms with Gasteiger partial charge < -0.3 is 14.9 Å². The highest BCUT2D eigenvalue weighted by atomic mass is 16.3. The number of hydrogen-bond acceptors (Lipinski definition) is 8. The molecule has 0 aromatic carbocycles. The Morgan fingerprint density at radius 1 is 1.40 bits per heavy atom. The van der Waals surface area contributed by atoms with Gasteiger partial charge in [0.2, 0.25) is 17.8 Å². The first-order valence-corrected chi connectivity index (χ1v) is 6.90. The van der Waals surface area contributed by atoms with E-state index in [9.17, 15) is 0 Å². The van der Waals surface area contributed by atoms with Crippen LogP contribution >= 0.6 is 0 Å². The van der Waals surface area contributed by atoms with Crippen LogP contribution in [-0.4, -0.2) is 53.9 Å². The summed E-state index contributed by atoms with van der Waals surface area (Å²) in [5.74, 6) is 7.49. The van der Waals surface area contributed by atoms with Crippen LogP contribution in [0.3, 0.4) is 0 Å². The molecular formula is C12H23N7O. The van der Waals surface area contributed by atoms with Crippen molar-refractivity contribution in [2.24, 2.45) is 11.8 Å². The zero-order valence-corrected chi connectivity index (χ0v) is 12.1. The van der Waals surface area contributed by atoms with Gasteiger partial charge >= 0.3 is 0 Å². The molecule has 1 unspecified atom stereocenters. The summed E-state index contributed by atoms with van der Waals surface area (Å²) in [6.45, 7) is 2.01. The monoisotopic (exact) mass is 281 g/mol. The molecule has 0 bridgehead atoms. The third-order valence-corrected chi connectivity index (χ3v) is 3.48. The Morgan fingerprint density at radius 3 is 2.85 bits per heavy atom. The molecule has 1 atom stereocenters. The highest BCUT2D eigenvalue weighted by Gasteiger charge is 2.22. The van der Waals surface area contributed by atoms with Crippen LogP contribution in [0, 0.1) is 5.92 Å². The minimum atomic E-state index is 0.230. The Balaban J connectivity index is 2.20. The standard InChI is InChI=1S/C12H23N7O/c1-18(2)11-14-10(17-13)15-12(16-11)19-6-3-4-9(8-19)5-7-20/h9,20H,3-8,13H2,1-2H3,(H,14,15,16,17). The van der Waals surface area contributed by atoms with Gasteiger partial charge in [-0.3, -0.25) is 5.43 Å². The second-order valence-corrected chi connectivity index (χ2v) is 5.26. The molecule has 2 heterocycles. The summed E-state index contributed by atoms with van der Waals surface area (Å²) in [5, 5.41) is 9.08. The largest absolute Gasteiger partial charge is 0.396 e. The first-order chi connectivity index (χ1) is 9.63. The molecule has 1 aliphatic heterocycles. The van der Waals surface area contributed by atoms with E-state index < -0.39 is 0 Å². The van der Waals surface area contributed by atoms with Crippen molar-refractivity contribution in [2.45, 2.75) is 19.3 Å². The minimum Gasteiger partial charge on any atom is -0.396 e. The summed E-state index contributed by atoms with van der Waals surface area (Å²) in [7, 11) is 3.76. The Morgan fingerprint density at radius 2 is 2.20 bits per heavy atom. The molecule has 4 N–H and O–H groups in total. The van der Waals surface area contributed by atoms with E-state index in [0.717, 1.165) is 32.4 Å². The van der Waals surface area contributed by atoms with Crippen LogP contribution in [0.5, 0.6) is 0 Å². The third-order valence-electron chi connectivity index (χ3n) is 3.48. The summed E-state index contributed by atoms with van der Waals surface area (Å²) in [5.41, 5.74) is 2.48. The lowest BCUT2D eigenvalue weighted by atomic mass is 9.95. The van der Waals surface area contributed by atoms with Gasteiger partial charge in [-0.25, -0.2) is 5.84 Å². The molecule has 112 valence electrons. The van der Waals surface area contributed by atoms with E-state index in [1.807, 2.05) is 19.0 Å². The Labute approximate surface area is 119 Å². The molecule has 0 aliphatic carbocycles. The van der Waals surface area contributed by atoms with Crippen molar-refractivity contribution < 1.29 is 5.11 Å². The van der Waals surface area contributed by atoms with E-state index in [4.69, 9.17) is 10.9 Å². The summed E-state index contributed by atoms with van der Waals surface area (Å²) < 4.78 is 0. The van der Waals surface area contributed by atoms with Gasteiger partial charge in [0.15, 0.2) is 0 Å². The molecule has 0 radical (unpaired) electrons. The van der Waals surface area contributed by atoms with E-state index in [2.05, 4.69) is 25.3 Å². The normalized spacial score (nSPS) is 19.0. The molecule has 0 saturated carbocycles. The number of rotatable bonds is 5. The highest BCUT2D eigenvalue weighted by molar-refractivity contribution is 5.44. The number of hydrazine groups is 1. The number of nitrogens with two attached hydrogens (primary N) is 1. The third kappa shape index (κ3) is 3.45. The molecule has 1 aliphatic rings. The first-order valence-electron chi connectivity index (χ1n) is 6.90. The molecule has 0 spiro atoms. The smallest absolute Gasteiger partial charge is 0.243 e. The maximum absolute atomic E-state index is 9.08. The lowest BCUT2D eigenvalue weighted by Gasteiger charge is -2.32. The van der Waals surface area contributed by atoms with Crippen molar-refractivity contribution in [3.63, 3.8) is 0 Å². The first kappa shape index (κ1) is 14.7. The van der Waals surface area contributed by atoms with E-state index in [0.29, 0.717) is 23.8 Å². The zero-order valence-electron chi connectivity index (χ0n) is 12.1. The summed E-state index contributed by atoms with van der Waals surface area (Å²) >= 11 is 0. The van der Waals surface area contributed by atoms with Gasteiger partial charge in [0.05, 0.1) is 0 Å². The van der Waals surface area contributed by atoms with Gasteiger partial charge in [0.1, 0.15) is 0 Å². The van der Waals surface area contributed by atoms with Crippen molar-refractivity contribution >= 4 is 17.8 Å². The van der Waals surface area contributed by atoms with Gasteiger partial charge in [-0.1, -0.05) is 0 Å². The fraction of sp³-hybridized carbons (Fsp3) is 0.750. The average molecular weight is 281 g/mol. The molecule has 2 rings (SSSR count). The average Bonchev–Trinajstić information content (AvgIpc) is 2.47. The molecule has 20 heavy (non-hydrogen) atoms. The van der Waals surface area contributed by atoms with Gasteiger partial charge in [0, 0.05) is 33.8 Å². The van der Waals surface area contributed by atoms with Crippen LogP contribution in [0.1, 0.15) is 19.3 Å². The minimum absolute atomic E-state index is 0.230. The molecule has 1 saturated heterocycles. The molecule has 0 amide bonds. The van der Waals surface area contributed by atoms with Crippen LogP contribution < -0.4 is 21.1 Å². The van der Waals surface area contributed by atoms with Gasteiger partial charge in [-0.2, -0.15) is 15.0 Å². The van der Waals surface area contributed by atoms with Crippen LogP contribution in [-0.2, 0) is 0 Å². The predicted octanol–water partition coefficient (Wildman–Crippen LogP) is -0.178. The number of aliphatic hydroxyl groups is 1. The van der Waals surface area contributed by atoms with Crippen LogP contribution in [0.15, 0.2) is 0 Å². The lowest BCUT2D eigenvalue weighted by molar-refractivity contribution is 0.244. The van der Waals surface area contributed by atoms with Crippen molar-refractivity contribution in [2.75, 3.05) is 49.0 Å². The molecule has 8 heteroatoms. The summed E-state index contributed by atoms with van der Waals surface area (Å²) in [6.07, 6.45) is 3.05. The fourth-order valence-electron chi connectivity index (χ4n) is 2.42. The number of nitrogen functional groups attached to an aromatic ring is 1. The molecular weight excluding hydrogens is 258 g/mol. The van der Waals surface area contributed by atoms with Gasteiger partial charge in [-0.15, -0.1) is 0 Å². The van der Waals surface area contributed by atoms with E-state index >= 15 is 0 Å². The Hall–Kier alpha value is -1.67. The molecule has 1 aromatic heterocycles. The Bertz CT molecular complexity index is 438. The highest BCUT2D eigenvalue weighted by Crippen LogP contribution is 2.24. The fourth-order valence-corrected chi connectivity index (χ4v) is 2.42.